The molecule has 1 amide bonds. The van der Waals surface area contributed by atoms with Crippen LogP contribution in [-0.4, -0.2) is 22.1 Å². The first kappa shape index (κ1) is 21.7. The highest BCUT2D eigenvalue weighted by Crippen LogP contribution is 2.35. The second kappa shape index (κ2) is 8.18. The van der Waals surface area contributed by atoms with Gasteiger partial charge in [0, 0.05) is 17.1 Å². The lowest BCUT2D eigenvalue weighted by atomic mass is 10.0. The second-order valence-electron chi connectivity index (χ2n) is 7.16. The minimum atomic E-state index is -0.903. The van der Waals surface area contributed by atoms with E-state index in [2.05, 4.69) is 21.7 Å². The third-order valence-corrected chi connectivity index (χ3v) is 6.16. The van der Waals surface area contributed by atoms with Gasteiger partial charge in [0.15, 0.2) is 0 Å². The van der Waals surface area contributed by atoms with Crippen LogP contribution >= 0.6 is 22.9 Å². The van der Waals surface area contributed by atoms with Crippen LogP contribution < -0.4 is 16.2 Å². The molecule has 4 rings (SSSR count). The molecule has 1 aliphatic carbocycles. The lowest BCUT2D eigenvalue weighted by Gasteiger charge is -2.14. The van der Waals surface area contributed by atoms with E-state index in [1.165, 1.54) is 17.5 Å². The van der Waals surface area contributed by atoms with Gasteiger partial charge in [0.25, 0.3) is 11.5 Å². The summed E-state index contributed by atoms with van der Waals surface area (Å²) in [5, 5.41) is 24.2. The molecule has 1 fully saturated rings. The summed E-state index contributed by atoms with van der Waals surface area (Å²) in [6, 6.07) is 6.73. The molecule has 0 saturated heterocycles. The zero-order valence-electron chi connectivity index (χ0n) is 16.2. The molecule has 32 heavy (non-hydrogen) atoms. The van der Waals surface area contributed by atoms with E-state index in [9.17, 15) is 18.4 Å². The van der Waals surface area contributed by atoms with E-state index in [-0.39, 0.29) is 32.4 Å². The molecule has 4 N–H and O–H groups in total. The predicted octanol–water partition coefficient (Wildman–Crippen LogP) is 4.31. The fourth-order valence-corrected chi connectivity index (χ4v) is 4.00. The quantitative estimate of drug-likeness (QED) is 0.398. The first-order chi connectivity index (χ1) is 15.2. The minimum absolute atomic E-state index is 0.0649. The lowest BCUT2D eigenvalue weighted by Crippen LogP contribution is -2.35. The number of carbonyl (C=O) groups is 1. The summed E-state index contributed by atoms with van der Waals surface area (Å²) in [5.74, 6) is -2.26. The Bertz CT molecular complexity index is 1340. The average molecular weight is 474 g/mol. The third-order valence-electron chi connectivity index (χ3n) is 4.94. The van der Waals surface area contributed by atoms with E-state index in [1.807, 2.05) is 0 Å². The van der Waals surface area contributed by atoms with Crippen molar-refractivity contribution < 1.29 is 13.6 Å². The molecule has 162 valence electrons. The number of amides is 1. The van der Waals surface area contributed by atoms with Gasteiger partial charge < -0.3 is 15.6 Å². The minimum Gasteiger partial charge on any atom is -0.349 e. The van der Waals surface area contributed by atoms with E-state index in [0.29, 0.717) is 12.8 Å². The number of nitrogens with zero attached hydrogens (tertiary/aromatic N) is 1. The molecule has 0 aliphatic heterocycles. The highest BCUT2D eigenvalue weighted by Gasteiger charge is 2.45. The van der Waals surface area contributed by atoms with Gasteiger partial charge in [-0.15, -0.1) is 11.3 Å². The van der Waals surface area contributed by atoms with Crippen LogP contribution in [0.5, 0.6) is 0 Å². The number of para-hydroxylation sites is 1. The fourth-order valence-electron chi connectivity index (χ4n) is 3.01. The van der Waals surface area contributed by atoms with E-state index >= 15 is 0 Å². The van der Waals surface area contributed by atoms with Gasteiger partial charge in [0.05, 0.1) is 32.9 Å². The van der Waals surface area contributed by atoms with Crippen molar-refractivity contribution in [2.24, 2.45) is 0 Å². The van der Waals surface area contributed by atoms with Crippen LogP contribution in [0, 0.1) is 28.4 Å². The number of nitriles is 1. The molecule has 11 heteroatoms. The maximum absolute atomic E-state index is 14.1. The Labute approximate surface area is 189 Å². The van der Waals surface area contributed by atoms with Crippen LogP contribution in [0.15, 0.2) is 40.6 Å². The Morgan fingerprint density at radius 2 is 1.97 bits per heavy atom. The van der Waals surface area contributed by atoms with E-state index in [0.717, 1.165) is 29.7 Å². The van der Waals surface area contributed by atoms with Crippen molar-refractivity contribution in [3.05, 3.63) is 78.9 Å². The number of anilines is 2. The molecule has 0 atom stereocenters. The summed E-state index contributed by atoms with van der Waals surface area (Å²) >= 11 is 7.21. The van der Waals surface area contributed by atoms with E-state index in [4.69, 9.17) is 22.3 Å². The molecule has 1 aliphatic rings. The first-order valence-corrected chi connectivity index (χ1v) is 10.5. The maximum Gasteiger partial charge on any atom is 0.262 e. The van der Waals surface area contributed by atoms with Gasteiger partial charge in [-0.1, -0.05) is 17.7 Å². The van der Waals surface area contributed by atoms with E-state index in [1.54, 1.807) is 0 Å². The number of aromatic amines is 1. The monoisotopic (exact) mass is 473 g/mol. The van der Waals surface area contributed by atoms with Crippen molar-refractivity contribution in [1.29, 1.82) is 10.7 Å². The van der Waals surface area contributed by atoms with Crippen LogP contribution in [0.25, 0.3) is 0 Å². The number of hydrogen-bond acceptors (Lipinski definition) is 6. The number of aromatic nitrogens is 1. The first-order valence-electron chi connectivity index (χ1n) is 9.28. The standard InChI is InChI=1S/C21H14ClF2N5O2S/c22-11-7-27-20(31)15(17(11)28-18-12(23)2-1-3-13(18)24)16(26)10-6-14(32-8-10)19(30)29-21(9-25)4-5-21/h1-3,6-8,26H,4-5H2,(H,29,30)(H2,27,28,31). The molecular formula is C21H14ClF2N5O2S. The Balaban J connectivity index is 1.69. The molecule has 0 bridgehead atoms. The van der Waals surface area contributed by atoms with Gasteiger partial charge in [0.1, 0.15) is 22.9 Å². The van der Waals surface area contributed by atoms with Crippen LogP contribution in [0.1, 0.15) is 33.6 Å². The molecule has 2 aromatic heterocycles. The van der Waals surface area contributed by atoms with Crippen LogP contribution in [0.4, 0.5) is 20.2 Å². The molecule has 7 nitrogen and oxygen atoms in total. The zero-order valence-corrected chi connectivity index (χ0v) is 17.8. The Hall–Kier alpha value is -3.55. The SMILES string of the molecule is N#CC1(NC(=O)c2cc(C(=N)c3c(Nc4c(F)cccc4F)c(Cl)c[nH]c3=O)cs2)CC1. The van der Waals surface area contributed by atoms with Gasteiger partial charge in [-0.2, -0.15) is 5.26 Å². The normalized spacial score (nSPS) is 13.8. The molecule has 0 radical (unpaired) electrons. The number of pyridine rings is 1. The molecule has 1 aromatic carbocycles. The summed E-state index contributed by atoms with van der Waals surface area (Å²) < 4.78 is 28.3. The number of benzene rings is 1. The number of hydrogen-bond donors (Lipinski definition) is 4. The molecule has 0 unspecified atom stereocenters. The van der Waals surface area contributed by atoms with Crippen molar-refractivity contribution in [2.45, 2.75) is 18.4 Å². The van der Waals surface area contributed by atoms with Crippen molar-refractivity contribution in [1.82, 2.24) is 10.3 Å². The summed E-state index contributed by atoms with van der Waals surface area (Å²) in [6.07, 6.45) is 2.29. The summed E-state index contributed by atoms with van der Waals surface area (Å²) in [7, 11) is 0. The van der Waals surface area contributed by atoms with Gasteiger partial charge >= 0.3 is 0 Å². The number of carbonyl (C=O) groups excluding carboxylic acids is 1. The number of thiophene rings is 1. The third kappa shape index (κ3) is 4.00. The Morgan fingerprint density at radius 1 is 1.28 bits per heavy atom. The van der Waals surface area contributed by atoms with Crippen LogP contribution in [-0.2, 0) is 0 Å². The highest BCUT2D eigenvalue weighted by molar-refractivity contribution is 7.12. The number of rotatable bonds is 6. The smallest absolute Gasteiger partial charge is 0.262 e. The zero-order chi connectivity index (χ0) is 23.0. The van der Waals surface area contributed by atoms with Gasteiger partial charge in [-0.05, 0) is 31.0 Å². The summed E-state index contributed by atoms with van der Waals surface area (Å²) in [6.45, 7) is 0. The average Bonchev–Trinajstić information content (AvgIpc) is 3.35. The second-order valence-corrected chi connectivity index (χ2v) is 8.48. The molecule has 3 aromatic rings. The van der Waals surface area contributed by atoms with Gasteiger partial charge in [-0.25, -0.2) is 8.78 Å². The van der Waals surface area contributed by atoms with Crippen molar-refractivity contribution in [3.63, 3.8) is 0 Å². The summed E-state index contributed by atoms with van der Waals surface area (Å²) in [5.41, 5.74) is -2.55. The Kier molecular flexibility index (Phi) is 5.54. The Morgan fingerprint density at radius 3 is 2.59 bits per heavy atom. The molecule has 2 heterocycles. The van der Waals surface area contributed by atoms with Crippen LogP contribution in [0.2, 0.25) is 5.02 Å². The molecular weight excluding hydrogens is 460 g/mol. The number of halogens is 3. The van der Waals surface area contributed by atoms with Gasteiger partial charge in [0.2, 0.25) is 0 Å². The van der Waals surface area contributed by atoms with Crippen molar-refractivity contribution in [2.75, 3.05) is 5.32 Å². The van der Waals surface area contributed by atoms with Crippen molar-refractivity contribution in [3.8, 4) is 6.07 Å². The maximum atomic E-state index is 14.1. The fraction of sp³-hybridized carbons (Fsp3) is 0.143. The number of nitrogens with one attached hydrogen (secondary N) is 4. The number of H-pyrrole nitrogens is 1. The van der Waals surface area contributed by atoms with Crippen LogP contribution in [0.3, 0.4) is 0 Å². The predicted molar refractivity (Wildman–Crippen MR) is 117 cm³/mol. The topological polar surface area (TPSA) is 122 Å². The largest absolute Gasteiger partial charge is 0.349 e. The van der Waals surface area contributed by atoms with Crippen molar-refractivity contribution >= 4 is 45.9 Å². The molecule has 1 saturated carbocycles. The summed E-state index contributed by atoms with van der Waals surface area (Å²) in [4.78, 5) is 27.6. The highest BCUT2D eigenvalue weighted by atomic mass is 35.5. The molecule has 0 spiro atoms. The van der Waals surface area contributed by atoms with E-state index < -0.39 is 34.3 Å². The lowest BCUT2D eigenvalue weighted by molar-refractivity contribution is 0.0945. The van der Waals surface area contributed by atoms with Gasteiger partial charge in [-0.3, -0.25) is 15.0 Å².